The molecule has 3 aromatic carbocycles. The molecule has 0 radical (unpaired) electrons. The Labute approximate surface area is 217 Å². The fourth-order valence-corrected chi connectivity index (χ4v) is 4.36. The van der Waals surface area contributed by atoms with Crippen molar-refractivity contribution >= 4 is 23.2 Å². The van der Waals surface area contributed by atoms with Gasteiger partial charge in [-0.05, 0) is 48.9 Å². The number of benzene rings is 3. The van der Waals surface area contributed by atoms with Gasteiger partial charge in [-0.15, -0.1) is 5.10 Å². The molecule has 2 N–H and O–H groups in total. The molecular weight excluding hydrogens is 488 g/mol. The lowest BCUT2D eigenvalue weighted by atomic mass is 9.94. The zero-order chi connectivity index (χ0) is 26.8. The van der Waals surface area contributed by atoms with Crippen LogP contribution in [0.4, 0.5) is 17.3 Å². The molecule has 1 atom stereocenters. The second kappa shape index (κ2) is 10.1. The lowest BCUT2D eigenvalue weighted by Gasteiger charge is -2.28. The Morgan fingerprint density at radius 1 is 1.05 bits per heavy atom. The summed E-state index contributed by atoms with van der Waals surface area (Å²) in [6, 6.07) is 19.7. The molecule has 2 heterocycles. The molecular formula is C27H24N6O5. The number of fused-ring (bicyclic) bond motifs is 1. The average molecular weight is 513 g/mol. The van der Waals surface area contributed by atoms with Crippen molar-refractivity contribution in [3.05, 3.63) is 99.7 Å². The molecule has 192 valence electrons. The predicted molar refractivity (Wildman–Crippen MR) is 141 cm³/mol. The van der Waals surface area contributed by atoms with Crippen LogP contribution in [0.25, 0.3) is 11.4 Å². The first-order chi connectivity index (χ1) is 18.4. The number of nitro groups is 1. The number of nitro benzene ring substituents is 1. The number of non-ortho nitro benzene ring substituents is 1. The highest BCUT2D eigenvalue weighted by molar-refractivity contribution is 6.06. The summed E-state index contributed by atoms with van der Waals surface area (Å²) in [7, 11) is 3.11. The molecule has 38 heavy (non-hydrogen) atoms. The highest BCUT2D eigenvalue weighted by Gasteiger charge is 2.35. The third kappa shape index (κ3) is 4.52. The number of ether oxygens (including phenoxy) is 2. The van der Waals surface area contributed by atoms with E-state index in [1.54, 1.807) is 67.2 Å². The van der Waals surface area contributed by atoms with Crippen molar-refractivity contribution < 1.29 is 19.2 Å². The van der Waals surface area contributed by atoms with Gasteiger partial charge < -0.3 is 20.1 Å². The molecule has 11 nitrogen and oxygen atoms in total. The predicted octanol–water partition coefficient (Wildman–Crippen LogP) is 4.80. The van der Waals surface area contributed by atoms with Gasteiger partial charge in [0, 0.05) is 23.4 Å². The number of hydrogen-bond acceptors (Lipinski definition) is 8. The molecule has 4 aromatic rings. The summed E-state index contributed by atoms with van der Waals surface area (Å²) >= 11 is 0. The topological polar surface area (TPSA) is 133 Å². The Balaban J connectivity index is 1.61. The van der Waals surface area contributed by atoms with Crippen molar-refractivity contribution in [3.63, 3.8) is 0 Å². The number of methoxy groups -OCH3 is 2. The maximum atomic E-state index is 13.7. The van der Waals surface area contributed by atoms with E-state index < -0.39 is 16.9 Å². The fraction of sp³-hybridized carbons (Fsp3) is 0.148. The molecule has 0 aliphatic carbocycles. The molecule has 5 rings (SSSR count). The quantitative estimate of drug-likeness (QED) is 0.267. The molecule has 0 fully saturated rings. The minimum Gasteiger partial charge on any atom is -0.497 e. The van der Waals surface area contributed by atoms with Crippen molar-refractivity contribution in [2.75, 3.05) is 24.9 Å². The third-order valence-electron chi connectivity index (χ3n) is 6.20. The fourth-order valence-electron chi connectivity index (χ4n) is 4.36. The van der Waals surface area contributed by atoms with Crippen molar-refractivity contribution in [1.82, 2.24) is 14.8 Å². The van der Waals surface area contributed by atoms with Crippen LogP contribution in [0.5, 0.6) is 11.5 Å². The lowest BCUT2D eigenvalue weighted by Crippen LogP contribution is -2.31. The van der Waals surface area contributed by atoms with Crippen LogP contribution in [-0.2, 0) is 4.79 Å². The van der Waals surface area contributed by atoms with Crippen LogP contribution in [0.3, 0.4) is 0 Å². The first-order valence-electron chi connectivity index (χ1n) is 11.7. The zero-order valence-corrected chi connectivity index (χ0v) is 20.8. The van der Waals surface area contributed by atoms with Crippen molar-refractivity contribution in [2.24, 2.45) is 0 Å². The number of carbonyl (C=O) groups excluding carboxylic acids is 1. The summed E-state index contributed by atoms with van der Waals surface area (Å²) in [5, 5.41) is 22.4. The SMILES string of the molecule is COc1ccc(-c2nc3n(n2)C(c2cccc([N+](=O)[O-])c2)C(C(=O)Nc2ccccc2OC)=C(C)N3)cc1. The van der Waals surface area contributed by atoms with Gasteiger partial charge in [-0.3, -0.25) is 14.9 Å². The minimum absolute atomic E-state index is 0.0970. The van der Waals surface area contributed by atoms with Crippen molar-refractivity contribution in [1.29, 1.82) is 0 Å². The Hall–Kier alpha value is -5.19. The number of nitrogens with zero attached hydrogens (tertiary/aromatic N) is 4. The van der Waals surface area contributed by atoms with Crippen LogP contribution in [0.2, 0.25) is 0 Å². The third-order valence-corrected chi connectivity index (χ3v) is 6.20. The van der Waals surface area contributed by atoms with Gasteiger partial charge in [0.25, 0.3) is 11.6 Å². The van der Waals surface area contributed by atoms with Gasteiger partial charge in [0.05, 0.1) is 30.4 Å². The van der Waals surface area contributed by atoms with Crippen LogP contribution >= 0.6 is 0 Å². The molecule has 0 saturated carbocycles. The maximum Gasteiger partial charge on any atom is 0.269 e. The van der Waals surface area contributed by atoms with Gasteiger partial charge in [-0.25, -0.2) is 4.68 Å². The summed E-state index contributed by atoms with van der Waals surface area (Å²) in [6.07, 6.45) is 0. The second-order valence-corrected chi connectivity index (χ2v) is 8.50. The van der Waals surface area contributed by atoms with E-state index in [-0.39, 0.29) is 5.69 Å². The summed E-state index contributed by atoms with van der Waals surface area (Å²) in [6.45, 7) is 1.76. The van der Waals surface area contributed by atoms with Crippen LogP contribution in [0.15, 0.2) is 84.1 Å². The Kier molecular flexibility index (Phi) is 6.48. The average Bonchev–Trinajstić information content (AvgIpc) is 3.36. The molecule has 1 aliphatic heterocycles. The normalized spacial score (nSPS) is 14.3. The maximum absolute atomic E-state index is 13.7. The molecule has 11 heteroatoms. The highest BCUT2D eigenvalue weighted by atomic mass is 16.6. The Morgan fingerprint density at radius 2 is 1.82 bits per heavy atom. The largest absolute Gasteiger partial charge is 0.497 e. The van der Waals surface area contributed by atoms with Crippen LogP contribution in [0.1, 0.15) is 18.5 Å². The molecule has 0 spiro atoms. The molecule has 1 unspecified atom stereocenters. The number of aromatic nitrogens is 3. The smallest absolute Gasteiger partial charge is 0.269 e. The summed E-state index contributed by atoms with van der Waals surface area (Å²) in [5.41, 5.74) is 2.51. The first-order valence-corrected chi connectivity index (χ1v) is 11.7. The molecule has 1 amide bonds. The van der Waals surface area contributed by atoms with Crippen molar-refractivity contribution in [3.8, 4) is 22.9 Å². The number of para-hydroxylation sites is 2. The van der Waals surface area contributed by atoms with E-state index in [0.717, 1.165) is 5.56 Å². The second-order valence-electron chi connectivity index (χ2n) is 8.50. The van der Waals surface area contributed by atoms with Crippen molar-refractivity contribution in [2.45, 2.75) is 13.0 Å². The molecule has 0 bridgehead atoms. The van der Waals surface area contributed by atoms with E-state index in [0.29, 0.717) is 45.8 Å². The Bertz CT molecular complexity index is 1560. The van der Waals surface area contributed by atoms with Gasteiger partial charge in [0.15, 0.2) is 5.82 Å². The van der Waals surface area contributed by atoms with Gasteiger partial charge in [-0.2, -0.15) is 4.98 Å². The van der Waals surface area contributed by atoms with E-state index in [1.807, 2.05) is 12.1 Å². The summed E-state index contributed by atoms with van der Waals surface area (Å²) in [4.78, 5) is 29.5. The van der Waals surface area contributed by atoms with E-state index in [2.05, 4.69) is 15.6 Å². The highest BCUT2D eigenvalue weighted by Crippen LogP contribution is 2.38. The number of anilines is 2. The van der Waals surface area contributed by atoms with E-state index in [9.17, 15) is 14.9 Å². The van der Waals surface area contributed by atoms with Crippen LogP contribution < -0.4 is 20.1 Å². The van der Waals surface area contributed by atoms with Gasteiger partial charge in [0.1, 0.15) is 17.5 Å². The Morgan fingerprint density at radius 3 is 2.53 bits per heavy atom. The first kappa shape index (κ1) is 24.5. The number of nitrogens with one attached hydrogen (secondary N) is 2. The number of hydrogen-bond donors (Lipinski definition) is 2. The standard InChI is InChI=1S/C27H24N6O5/c1-16-23(26(34)29-21-9-4-5-10-22(21)38-3)24(18-7-6-8-19(15-18)33(35)36)32-27(28-16)30-25(31-32)17-11-13-20(37-2)14-12-17/h4-15,24H,1-3H3,(H,29,34)(H,28,30,31). The van der Waals surface area contributed by atoms with Gasteiger partial charge in [-0.1, -0.05) is 24.3 Å². The van der Waals surface area contributed by atoms with Crippen LogP contribution in [0, 0.1) is 10.1 Å². The summed E-state index contributed by atoms with van der Waals surface area (Å²) < 4.78 is 12.2. The monoisotopic (exact) mass is 512 g/mol. The van der Waals surface area contributed by atoms with E-state index in [1.165, 1.54) is 19.2 Å². The molecule has 1 aliphatic rings. The van der Waals surface area contributed by atoms with Crippen LogP contribution in [-0.4, -0.2) is 39.8 Å². The number of carbonyl (C=O) groups is 1. The molecule has 1 aromatic heterocycles. The zero-order valence-electron chi connectivity index (χ0n) is 20.8. The molecule has 0 saturated heterocycles. The van der Waals surface area contributed by atoms with E-state index in [4.69, 9.17) is 14.6 Å². The summed E-state index contributed by atoms with van der Waals surface area (Å²) in [5.74, 6) is 1.60. The van der Waals surface area contributed by atoms with Gasteiger partial charge in [0.2, 0.25) is 5.95 Å². The number of allylic oxidation sites excluding steroid dienone is 1. The number of rotatable bonds is 7. The van der Waals surface area contributed by atoms with E-state index >= 15 is 0 Å². The minimum atomic E-state index is -0.791. The lowest BCUT2D eigenvalue weighted by molar-refractivity contribution is -0.384. The van der Waals surface area contributed by atoms with Gasteiger partial charge >= 0.3 is 0 Å². The number of amides is 1.